The van der Waals surface area contributed by atoms with Crippen LogP contribution >= 0.6 is 11.3 Å². The van der Waals surface area contributed by atoms with E-state index in [1.807, 2.05) is 13.8 Å². The topological polar surface area (TPSA) is 38.1 Å². The zero-order valence-electron chi connectivity index (χ0n) is 11.2. The summed E-state index contributed by atoms with van der Waals surface area (Å²) in [6.45, 7) is 7.22. The van der Waals surface area contributed by atoms with Crippen LogP contribution in [-0.2, 0) is 6.42 Å². The maximum atomic E-state index is 5.16. The molecule has 0 spiro atoms. The lowest BCUT2D eigenvalue weighted by Crippen LogP contribution is -2.19. The zero-order chi connectivity index (χ0) is 13.0. The summed E-state index contributed by atoms with van der Waals surface area (Å²) < 4.78 is 5.16. The molecule has 1 atom stereocenters. The molecule has 2 aromatic rings. The van der Waals surface area contributed by atoms with Crippen LogP contribution in [0.1, 0.15) is 41.3 Å². The van der Waals surface area contributed by atoms with Crippen molar-refractivity contribution >= 4 is 11.3 Å². The highest BCUT2D eigenvalue weighted by molar-refractivity contribution is 7.10. The molecule has 0 bridgehead atoms. The normalized spacial score (nSPS) is 12.8. The average molecular weight is 264 g/mol. The molecule has 18 heavy (non-hydrogen) atoms. The lowest BCUT2D eigenvalue weighted by atomic mass is 10.1. The fourth-order valence-corrected chi connectivity index (χ4v) is 2.84. The molecule has 0 aliphatic heterocycles. The minimum absolute atomic E-state index is 0.440. The van der Waals surface area contributed by atoms with Crippen LogP contribution < -0.4 is 5.32 Å². The molecule has 1 N–H and O–H groups in total. The summed E-state index contributed by atoms with van der Waals surface area (Å²) in [6.07, 6.45) is 2.14. The highest BCUT2D eigenvalue weighted by atomic mass is 32.1. The van der Waals surface area contributed by atoms with Crippen molar-refractivity contribution in [1.29, 1.82) is 0 Å². The van der Waals surface area contributed by atoms with Gasteiger partial charge in [0.25, 0.3) is 0 Å². The largest absolute Gasteiger partial charge is 0.361 e. The minimum atomic E-state index is 0.440. The summed E-state index contributed by atoms with van der Waals surface area (Å²) in [6, 6.07) is 4.72. The van der Waals surface area contributed by atoms with Crippen molar-refractivity contribution < 1.29 is 4.52 Å². The van der Waals surface area contributed by atoms with Gasteiger partial charge in [-0.3, -0.25) is 0 Å². The number of nitrogens with one attached hydrogen (secondary N) is 1. The molecule has 0 unspecified atom stereocenters. The first-order chi connectivity index (χ1) is 8.68. The molecular formula is C14H20N2OS. The Labute approximate surface area is 112 Å². The van der Waals surface area contributed by atoms with Crippen molar-refractivity contribution in [2.75, 3.05) is 6.54 Å². The molecule has 0 saturated carbocycles. The number of nitrogens with zero attached hydrogens (tertiary/aromatic N) is 1. The molecular weight excluding hydrogens is 244 g/mol. The number of hydrogen-bond donors (Lipinski definition) is 1. The summed E-state index contributed by atoms with van der Waals surface area (Å²) >= 11 is 1.80. The Balaban J connectivity index is 1.73. The number of aromatic nitrogens is 1. The molecule has 2 heterocycles. The monoisotopic (exact) mass is 264 g/mol. The van der Waals surface area contributed by atoms with Crippen LogP contribution in [0, 0.1) is 13.8 Å². The van der Waals surface area contributed by atoms with E-state index in [2.05, 4.69) is 34.9 Å². The van der Waals surface area contributed by atoms with Crippen molar-refractivity contribution in [3.8, 4) is 0 Å². The molecule has 0 aromatic carbocycles. The number of rotatable bonds is 6. The molecule has 2 rings (SSSR count). The van der Waals surface area contributed by atoms with E-state index in [9.17, 15) is 0 Å². The first-order valence-corrected chi connectivity index (χ1v) is 7.25. The second kappa shape index (κ2) is 6.16. The molecule has 2 aromatic heterocycles. The van der Waals surface area contributed by atoms with Gasteiger partial charge in [0.05, 0.1) is 5.69 Å². The van der Waals surface area contributed by atoms with E-state index in [4.69, 9.17) is 4.52 Å². The first kappa shape index (κ1) is 13.3. The second-order valence-corrected chi connectivity index (χ2v) is 5.58. The molecule has 0 amide bonds. The number of hydrogen-bond acceptors (Lipinski definition) is 4. The van der Waals surface area contributed by atoms with Crippen molar-refractivity contribution in [2.45, 2.75) is 39.7 Å². The molecule has 0 saturated heterocycles. The SMILES string of the molecule is Cc1noc(C)c1CCCN[C@@H](C)c1cccs1. The average Bonchev–Trinajstić information content (AvgIpc) is 2.97. The van der Waals surface area contributed by atoms with Crippen molar-refractivity contribution in [3.63, 3.8) is 0 Å². The summed E-state index contributed by atoms with van der Waals surface area (Å²) in [5.74, 6) is 0.957. The first-order valence-electron chi connectivity index (χ1n) is 6.37. The second-order valence-electron chi connectivity index (χ2n) is 4.60. The van der Waals surface area contributed by atoms with E-state index >= 15 is 0 Å². The Morgan fingerprint density at radius 1 is 1.44 bits per heavy atom. The van der Waals surface area contributed by atoms with E-state index in [1.54, 1.807) is 11.3 Å². The summed E-state index contributed by atoms with van der Waals surface area (Å²) in [7, 11) is 0. The van der Waals surface area contributed by atoms with Crippen LogP contribution in [0.5, 0.6) is 0 Å². The van der Waals surface area contributed by atoms with Crippen molar-refractivity contribution in [2.24, 2.45) is 0 Å². The van der Waals surface area contributed by atoms with Crippen molar-refractivity contribution in [1.82, 2.24) is 10.5 Å². The summed E-state index contributed by atoms with van der Waals surface area (Å²) in [5.41, 5.74) is 2.29. The van der Waals surface area contributed by atoms with Gasteiger partial charge in [-0.15, -0.1) is 11.3 Å². The smallest absolute Gasteiger partial charge is 0.137 e. The molecule has 3 nitrogen and oxygen atoms in total. The molecule has 0 aliphatic carbocycles. The highest BCUT2D eigenvalue weighted by Gasteiger charge is 2.09. The summed E-state index contributed by atoms with van der Waals surface area (Å²) in [5, 5.41) is 9.65. The van der Waals surface area contributed by atoms with E-state index < -0.39 is 0 Å². The predicted molar refractivity (Wildman–Crippen MR) is 75.0 cm³/mol. The third-order valence-electron chi connectivity index (χ3n) is 3.21. The zero-order valence-corrected chi connectivity index (χ0v) is 12.0. The van der Waals surface area contributed by atoms with Gasteiger partial charge in [0.2, 0.25) is 0 Å². The van der Waals surface area contributed by atoms with Crippen LogP contribution in [0.25, 0.3) is 0 Å². The number of thiophene rings is 1. The standard InChI is InChI=1S/C14H20N2OS/c1-10-13(12(3)17-16-10)6-4-8-15-11(2)14-7-5-9-18-14/h5,7,9,11,15H,4,6,8H2,1-3H3/t11-/m0/s1. The van der Waals surface area contributed by atoms with Gasteiger partial charge in [-0.25, -0.2) is 0 Å². The van der Waals surface area contributed by atoms with Crippen LogP contribution in [0.2, 0.25) is 0 Å². The lowest BCUT2D eigenvalue weighted by molar-refractivity contribution is 0.392. The predicted octanol–water partition coefficient (Wildman–Crippen LogP) is 3.64. The fraction of sp³-hybridized carbons (Fsp3) is 0.500. The van der Waals surface area contributed by atoms with Gasteiger partial charge in [0.15, 0.2) is 0 Å². The van der Waals surface area contributed by atoms with Gasteiger partial charge in [-0.05, 0) is 51.6 Å². The highest BCUT2D eigenvalue weighted by Crippen LogP contribution is 2.18. The maximum Gasteiger partial charge on any atom is 0.137 e. The van der Waals surface area contributed by atoms with Crippen LogP contribution in [-0.4, -0.2) is 11.7 Å². The van der Waals surface area contributed by atoms with E-state index in [-0.39, 0.29) is 0 Å². The third-order valence-corrected chi connectivity index (χ3v) is 4.26. The lowest BCUT2D eigenvalue weighted by Gasteiger charge is -2.11. The third kappa shape index (κ3) is 3.21. The van der Waals surface area contributed by atoms with E-state index in [1.165, 1.54) is 10.4 Å². The van der Waals surface area contributed by atoms with Gasteiger partial charge in [0.1, 0.15) is 5.76 Å². The Morgan fingerprint density at radius 2 is 2.28 bits per heavy atom. The molecule has 0 fully saturated rings. The Kier molecular flexibility index (Phi) is 4.55. The van der Waals surface area contributed by atoms with Crippen LogP contribution in [0.4, 0.5) is 0 Å². The fourth-order valence-electron chi connectivity index (χ4n) is 2.08. The van der Waals surface area contributed by atoms with Crippen LogP contribution in [0.3, 0.4) is 0 Å². The Hall–Kier alpha value is -1.13. The van der Waals surface area contributed by atoms with Gasteiger partial charge in [-0.2, -0.15) is 0 Å². The van der Waals surface area contributed by atoms with Crippen molar-refractivity contribution in [3.05, 3.63) is 39.4 Å². The molecule has 4 heteroatoms. The van der Waals surface area contributed by atoms with Gasteiger partial charge >= 0.3 is 0 Å². The Morgan fingerprint density at radius 3 is 2.89 bits per heavy atom. The van der Waals surface area contributed by atoms with Crippen LogP contribution in [0.15, 0.2) is 22.0 Å². The molecule has 98 valence electrons. The molecule has 0 radical (unpaired) electrons. The van der Waals surface area contributed by atoms with Gasteiger partial charge in [-0.1, -0.05) is 11.2 Å². The van der Waals surface area contributed by atoms with E-state index in [0.29, 0.717) is 6.04 Å². The Bertz CT molecular complexity index is 456. The van der Waals surface area contributed by atoms with E-state index in [0.717, 1.165) is 30.8 Å². The molecule has 0 aliphatic rings. The number of aryl methyl sites for hydroxylation is 2. The summed E-state index contributed by atoms with van der Waals surface area (Å²) in [4.78, 5) is 1.40. The maximum absolute atomic E-state index is 5.16. The van der Waals surface area contributed by atoms with Gasteiger partial charge < -0.3 is 9.84 Å². The van der Waals surface area contributed by atoms with Gasteiger partial charge in [0, 0.05) is 16.5 Å². The minimum Gasteiger partial charge on any atom is -0.361 e. The quantitative estimate of drug-likeness (QED) is 0.810.